The number of fused-ring (bicyclic) bond motifs is 1. The van der Waals surface area contributed by atoms with Gasteiger partial charge in [-0.2, -0.15) is 5.10 Å². The number of aryl methyl sites for hydroxylation is 1. The molecular weight excluding hydrogens is 389 g/mol. The fraction of sp³-hybridized carbons (Fsp3) is 0.316. The molecule has 0 saturated heterocycles. The minimum Gasteiger partial charge on any atom is -0.406 e. The maximum Gasteiger partial charge on any atom is 0.573 e. The van der Waals surface area contributed by atoms with Crippen molar-refractivity contribution in [1.82, 2.24) is 19.9 Å². The van der Waals surface area contributed by atoms with Crippen LogP contribution in [0.15, 0.2) is 42.9 Å². The van der Waals surface area contributed by atoms with Gasteiger partial charge in [-0.1, -0.05) is 12.1 Å². The van der Waals surface area contributed by atoms with Crippen LogP contribution in [0.4, 0.5) is 13.2 Å². The minimum atomic E-state index is -4.81. The number of benzene rings is 1. The summed E-state index contributed by atoms with van der Waals surface area (Å²) in [5, 5.41) is 17.3. The first-order valence-electron chi connectivity index (χ1n) is 8.63. The number of halogens is 3. The van der Waals surface area contributed by atoms with Crippen molar-refractivity contribution in [2.24, 2.45) is 0 Å². The molecule has 0 aliphatic rings. The maximum absolute atomic E-state index is 12.8. The van der Waals surface area contributed by atoms with Gasteiger partial charge in [0.25, 0.3) is 5.91 Å². The highest BCUT2D eigenvalue weighted by Crippen LogP contribution is 2.29. The van der Waals surface area contributed by atoms with E-state index in [0.29, 0.717) is 11.2 Å². The Morgan fingerprint density at radius 2 is 1.86 bits per heavy atom. The Labute approximate surface area is 164 Å². The Hall–Kier alpha value is -3.14. The summed E-state index contributed by atoms with van der Waals surface area (Å²) in [6.45, 7) is 4.80. The molecule has 7 nitrogen and oxygen atoms in total. The molecule has 3 rings (SSSR count). The SMILES string of the molecule is Cc1cnc2c(C(=O)NC(c3ccc(OC(F)(F)F)cc3)C(C)(C)O)cnn2c1. The van der Waals surface area contributed by atoms with E-state index in [4.69, 9.17) is 0 Å². The van der Waals surface area contributed by atoms with E-state index < -0.39 is 29.7 Å². The molecule has 154 valence electrons. The molecule has 0 radical (unpaired) electrons. The normalized spacial score (nSPS) is 13.3. The first kappa shape index (κ1) is 20.6. The van der Waals surface area contributed by atoms with E-state index in [1.165, 1.54) is 36.7 Å². The van der Waals surface area contributed by atoms with Gasteiger partial charge in [0.05, 0.1) is 17.8 Å². The van der Waals surface area contributed by atoms with E-state index in [1.807, 2.05) is 6.92 Å². The van der Waals surface area contributed by atoms with Crippen LogP contribution in [0.5, 0.6) is 5.75 Å². The molecule has 2 N–H and O–H groups in total. The lowest BCUT2D eigenvalue weighted by molar-refractivity contribution is -0.274. The molecule has 3 aromatic rings. The van der Waals surface area contributed by atoms with Gasteiger partial charge in [0, 0.05) is 12.4 Å². The third-order valence-electron chi connectivity index (χ3n) is 4.16. The summed E-state index contributed by atoms with van der Waals surface area (Å²) >= 11 is 0. The third kappa shape index (κ3) is 4.83. The number of carbonyl (C=O) groups excluding carboxylic acids is 1. The third-order valence-corrected chi connectivity index (χ3v) is 4.16. The number of carbonyl (C=O) groups is 1. The molecule has 1 amide bonds. The summed E-state index contributed by atoms with van der Waals surface area (Å²) in [6.07, 6.45) is -0.133. The molecular formula is C19H19F3N4O3. The summed E-state index contributed by atoms with van der Waals surface area (Å²) < 4.78 is 42.3. The summed E-state index contributed by atoms with van der Waals surface area (Å²) in [7, 11) is 0. The summed E-state index contributed by atoms with van der Waals surface area (Å²) in [4.78, 5) is 17.0. The van der Waals surface area contributed by atoms with Crippen LogP contribution in [0, 0.1) is 6.92 Å². The summed E-state index contributed by atoms with van der Waals surface area (Å²) in [6, 6.07) is 4.03. The molecule has 0 bridgehead atoms. The van der Waals surface area contributed by atoms with Gasteiger partial charge >= 0.3 is 6.36 Å². The molecule has 10 heteroatoms. The van der Waals surface area contributed by atoms with Gasteiger partial charge in [0.1, 0.15) is 11.3 Å². The second-order valence-corrected chi connectivity index (χ2v) is 7.13. The van der Waals surface area contributed by atoms with Crippen LogP contribution in [-0.4, -0.2) is 37.6 Å². The van der Waals surface area contributed by atoms with Crippen molar-refractivity contribution in [3.63, 3.8) is 0 Å². The van der Waals surface area contributed by atoms with Crippen molar-refractivity contribution in [2.75, 3.05) is 0 Å². The van der Waals surface area contributed by atoms with Gasteiger partial charge in [-0.3, -0.25) is 4.79 Å². The molecule has 0 spiro atoms. The number of hydrogen-bond donors (Lipinski definition) is 2. The van der Waals surface area contributed by atoms with E-state index in [1.54, 1.807) is 12.4 Å². The number of aliphatic hydroxyl groups is 1. The molecule has 29 heavy (non-hydrogen) atoms. The second kappa shape index (κ2) is 7.36. The number of nitrogens with one attached hydrogen (secondary N) is 1. The van der Waals surface area contributed by atoms with Crippen LogP contribution in [0.25, 0.3) is 5.65 Å². The Balaban J connectivity index is 1.87. The number of hydrogen-bond acceptors (Lipinski definition) is 5. The zero-order valence-corrected chi connectivity index (χ0v) is 15.9. The standard InChI is InChI=1S/C19H19F3N4O3/c1-11-8-23-16-14(9-24-26(16)10-11)17(27)25-15(18(2,3)28)12-4-6-13(7-5-12)29-19(20,21)22/h4-10,15,28H,1-3H3,(H,25,27). The fourth-order valence-electron chi connectivity index (χ4n) is 2.87. The van der Waals surface area contributed by atoms with Crippen molar-refractivity contribution in [3.05, 3.63) is 59.5 Å². The van der Waals surface area contributed by atoms with Gasteiger partial charge in [0.2, 0.25) is 0 Å². The Kier molecular flexibility index (Phi) is 5.22. The van der Waals surface area contributed by atoms with Crippen molar-refractivity contribution in [2.45, 2.75) is 38.8 Å². The average Bonchev–Trinajstić information content (AvgIpc) is 3.01. The molecule has 1 unspecified atom stereocenters. The number of ether oxygens (including phenoxy) is 1. The van der Waals surface area contributed by atoms with Crippen molar-refractivity contribution in [1.29, 1.82) is 0 Å². The molecule has 0 fully saturated rings. The quantitative estimate of drug-likeness (QED) is 0.677. The van der Waals surface area contributed by atoms with Crippen LogP contribution in [-0.2, 0) is 0 Å². The van der Waals surface area contributed by atoms with E-state index in [2.05, 4.69) is 20.1 Å². The van der Waals surface area contributed by atoms with Crippen molar-refractivity contribution < 1.29 is 27.8 Å². The monoisotopic (exact) mass is 408 g/mol. The van der Waals surface area contributed by atoms with Crippen LogP contribution in [0.2, 0.25) is 0 Å². The van der Waals surface area contributed by atoms with Gasteiger partial charge in [0.15, 0.2) is 5.65 Å². The lowest BCUT2D eigenvalue weighted by Gasteiger charge is -2.30. The number of rotatable bonds is 5. The maximum atomic E-state index is 12.8. The smallest absolute Gasteiger partial charge is 0.406 e. The van der Waals surface area contributed by atoms with Crippen LogP contribution in [0.1, 0.15) is 41.4 Å². The molecule has 0 aliphatic carbocycles. The minimum absolute atomic E-state index is 0.205. The Morgan fingerprint density at radius 1 is 1.21 bits per heavy atom. The molecule has 0 aliphatic heterocycles. The summed E-state index contributed by atoms with van der Waals surface area (Å²) in [5.41, 5.74) is 0.409. The summed E-state index contributed by atoms with van der Waals surface area (Å²) in [5.74, 6) is -0.927. The van der Waals surface area contributed by atoms with Crippen LogP contribution in [0.3, 0.4) is 0 Å². The van der Waals surface area contributed by atoms with Crippen LogP contribution < -0.4 is 10.1 Å². The van der Waals surface area contributed by atoms with Gasteiger partial charge in [-0.15, -0.1) is 13.2 Å². The second-order valence-electron chi connectivity index (χ2n) is 7.13. The molecule has 1 aromatic carbocycles. The highest BCUT2D eigenvalue weighted by molar-refractivity contribution is 5.99. The Bertz CT molecular complexity index is 1020. The first-order valence-corrected chi connectivity index (χ1v) is 8.63. The highest BCUT2D eigenvalue weighted by Gasteiger charge is 2.33. The lowest BCUT2D eigenvalue weighted by Crippen LogP contribution is -2.42. The van der Waals surface area contributed by atoms with Gasteiger partial charge in [-0.05, 0) is 44.0 Å². The average molecular weight is 408 g/mol. The highest BCUT2D eigenvalue weighted by atomic mass is 19.4. The number of alkyl halides is 3. The zero-order chi connectivity index (χ0) is 21.4. The first-order chi connectivity index (χ1) is 13.4. The molecule has 2 aromatic heterocycles. The molecule has 2 heterocycles. The van der Waals surface area contributed by atoms with Gasteiger partial charge < -0.3 is 15.2 Å². The Morgan fingerprint density at radius 3 is 2.45 bits per heavy atom. The number of aromatic nitrogens is 3. The van der Waals surface area contributed by atoms with E-state index >= 15 is 0 Å². The molecule has 0 saturated carbocycles. The number of nitrogens with zero attached hydrogens (tertiary/aromatic N) is 3. The van der Waals surface area contributed by atoms with Gasteiger partial charge in [-0.25, -0.2) is 9.50 Å². The van der Waals surface area contributed by atoms with Crippen molar-refractivity contribution >= 4 is 11.6 Å². The van der Waals surface area contributed by atoms with Crippen LogP contribution >= 0.6 is 0 Å². The largest absolute Gasteiger partial charge is 0.573 e. The number of amides is 1. The predicted octanol–water partition coefficient (Wildman–Crippen LogP) is 3.18. The lowest BCUT2D eigenvalue weighted by atomic mass is 9.91. The fourth-order valence-corrected chi connectivity index (χ4v) is 2.87. The van der Waals surface area contributed by atoms with E-state index in [9.17, 15) is 23.1 Å². The predicted molar refractivity (Wildman–Crippen MR) is 97.4 cm³/mol. The van der Waals surface area contributed by atoms with Crippen molar-refractivity contribution in [3.8, 4) is 5.75 Å². The van der Waals surface area contributed by atoms with E-state index in [0.717, 1.165) is 17.7 Å². The zero-order valence-electron chi connectivity index (χ0n) is 15.9. The molecule has 1 atom stereocenters. The van der Waals surface area contributed by atoms with E-state index in [-0.39, 0.29) is 5.56 Å². The topological polar surface area (TPSA) is 88.8 Å².